The average molecular weight is 300 g/mol. The number of ether oxygens (including phenoxy) is 1. The number of hydrogen-bond donors (Lipinski definition) is 0. The molecular weight excluding hydrogens is 272 g/mol. The molecule has 0 N–H and O–H groups in total. The van der Waals surface area contributed by atoms with E-state index < -0.39 is 0 Å². The first-order chi connectivity index (χ1) is 10.7. The van der Waals surface area contributed by atoms with Crippen molar-refractivity contribution < 1.29 is 9.53 Å². The lowest BCUT2D eigenvalue weighted by Gasteiger charge is -2.46. The second kappa shape index (κ2) is 4.47. The Morgan fingerprint density at radius 2 is 2.05 bits per heavy atom. The molecule has 22 heavy (non-hydrogen) atoms. The highest BCUT2D eigenvalue weighted by molar-refractivity contribution is 5.82. The maximum Gasteiger partial charge on any atom is 0.137 e. The SMILES string of the molecule is CCC[C@]12CCC3C4CCC5=C(CCC(=O)C5)C4CCC31O2. The quantitative estimate of drug-likeness (QED) is 0.552. The molecule has 0 amide bonds. The Kier molecular flexibility index (Phi) is 2.80. The van der Waals surface area contributed by atoms with Crippen LogP contribution < -0.4 is 0 Å². The van der Waals surface area contributed by atoms with E-state index in [0.717, 1.165) is 37.0 Å². The highest BCUT2D eigenvalue weighted by Crippen LogP contribution is 2.72. The van der Waals surface area contributed by atoms with Gasteiger partial charge >= 0.3 is 0 Å². The summed E-state index contributed by atoms with van der Waals surface area (Å²) in [7, 11) is 0. The van der Waals surface area contributed by atoms with Crippen molar-refractivity contribution in [2.45, 2.75) is 88.8 Å². The van der Waals surface area contributed by atoms with E-state index in [0.29, 0.717) is 5.78 Å². The van der Waals surface area contributed by atoms with Gasteiger partial charge in [-0.1, -0.05) is 24.5 Å². The van der Waals surface area contributed by atoms with Crippen molar-refractivity contribution in [1.82, 2.24) is 0 Å². The van der Waals surface area contributed by atoms with E-state index in [1.165, 1.54) is 51.4 Å². The van der Waals surface area contributed by atoms with Crippen LogP contribution in [0.5, 0.6) is 0 Å². The first-order valence-corrected chi connectivity index (χ1v) is 9.62. The second-order valence-corrected chi connectivity index (χ2v) is 8.57. The summed E-state index contributed by atoms with van der Waals surface area (Å²) in [6.07, 6.45) is 13.1. The number of epoxide rings is 1. The van der Waals surface area contributed by atoms with Gasteiger partial charge in [0.2, 0.25) is 0 Å². The first kappa shape index (κ1) is 13.8. The molecule has 0 bridgehead atoms. The van der Waals surface area contributed by atoms with Crippen LogP contribution in [0.4, 0.5) is 0 Å². The minimum atomic E-state index is 0.284. The smallest absolute Gasteiger partial charge is 0.137 e. The molecule has 1 saturated heterocycles. The molecule has 2 saturated carbocycles. The van der Waals surface area contributed by atoms with E-state index in [1.807, 2.05) is 0 Å². The number of Topliss-reactive ketones (excluding diaryl/α,β-unsaturated/α-hetero) is 1. The lowest BCUT2D eigenvalue weighted by atomic mass is 9.58. The molecule has 3 fully saturated rings. The van der Waals surface area contributed by atoms with E-state index in [1.54, 1.807) is 11.1 Å². The molecule has 1 spiro atoms. The predicted octanol–water partition coefficient (Wildman–Crippen LogP) is 4.57. The molecule has 2 heteroatoms. The molecule has 5 atom stereocenters. The number of hydrogen-bond acceptors (Lipinski definition) is 2. The molecule has 0 aromatic rings. The number of allylic oxidation sites excluding steroid dienone is 2. The highest BCUT2D eigenvalue weighted by Gasteiger charge is 2.77. The van der Waals surface area contributed by atoms with E-state index in [9.17, 15) is 4.79 Å². The van der Waals surface area contributed by atoms with Crippen molar-refractivity contribution in [2.75, 3.05) is 0 Å². The third kappa shape index (κ3) is 1.58. The third-order valence-electron chi connectivity index (χ3n) is 7.84. The Labute approximate surface area is 133 Å². The van der Waals surface area contributed by atoms with Gasteiger partial charge in [0.1, 0.15) is 11.4 Å². The first-order valence-electron chi connectivity index (χ1n) is 9.62. The van der Waals surface area contributed by atoms with Crippen molar-refractivity contribution >= 4 is 5.78 Å². The fraction of sp³-hybridized carbons (Fsp3) is 0.850. The summed E-state index contributed by atoms with van der Waals surface area (Å²) >= 11 is 0. The molecular formula is C20H28O2. The van der Waals surface area contributed by atoms with E-state index >= 15 is 0 Å². The van der Waals surface area contributed by atoms with Crippen LogP contribution in [0.2, 0.25) is 0 Å². The number of carbonyl (C=O) groups is 1. The Bertz CT molecular complexity index is 562. The van der Waals surface area contributed by atoms with Gasteiger partial charge < -0.3 is 4.74 Å². The summed E-state index contributed by atoms with van der Waals surface area (Å²) in [5.74, 6) is 2.97. The van der Waals surface area contributed by atoms with Gasteiger partial charge in [0, 0.05) is 12.8 Å². The van der Waals surface area contributed by atoms with Gasteiger partial charge in [0.25, 0.3) is 0 Å². The Morgan fingerprint density at radius 3 is 2.91 bits per heavy atom. The minimum Gasteiger partial charge on any atom is -0.362 e. The van der Waals surface area contributed by atoms with Crippen LogP contribution in [0.25, 0.3) is 0 Å². The fourth-order valence-electron chi connectivity index (χ4n) is 7.06. The van der Waals surface area contributed by atoms with Crippen LogP contribution in [-0.2, 0) is 9.53 Å². The zero-order valence-electron chi connectivity index (χ0n) is 13.8. The molecule has 0 aromatic carbocycles. The predicted molar refractivity (Wildman–Crippen MR) is 85.5 cm³/mol. The van der Waals surface area contributed by atoms with Gasteiger partial charge in [0.15, 0.2) is 0 Å². The maximum atomic E-state index is 11.8. The Hall–Kier alpha value is -0.630. The fourth-order valence-corrected chi connectivity index (χ4v) is 7.06. The molecule has 0 radical (unpaired) electrons. The normalized spacial score (nSPS) is 49.3. The van der Waals surface area contributed by atoms with Crippen LogP contribution in [0, 0.1) is 17.8 Å². The number of rotatable bonds is 2. The third-order valence-corrected chi connectivity index (χ3v) is 7.84. The van der Waals surface area contributed by atoms with E-state index in [2.05, 4.69) is 6.92 Å². The minimum absolute atomic E-state index is 0.284. The van der Waals surface area contributed by atoms with Gasteiger partial charge in [-0.15, -0.1) is 0 Å². The van der Waals surface area contributed by atoms with Crippen molar-refractivity contribution in [3.8, 4) is 0 Å². The number of ketones is 1. The van der Waals surface area contributed by atoms with Gasteiger partial charge in [0.05, 0.1) is 5.60 Å². The topological polar surface area (TPSA) is 29.6 Å². The number of carbonyl (C=O) groups excluding carboxylic acids is 1. The van der Waals surface area contributed by atoms with Gasteiger partial charge in [-0.3, -0.25) is 4.79 Å². The monoisotopic (exact) mass is 300 g/mol. The van der Waals surface area contributed by atoms with Crippen LogP contribution in [0.1, 0.15) is 77.6 Å². The van der Waals surface area contributed by atoms with E-state index in [-0.39, 0.29) is 11.2 Å². The summed E-state index contributed by atoms with van der Waals surface area (Å²) in [5, 5.41) is 0. The summed E-state index contributed by atoms with van der Waals surface area (Å²) in [6.45, 7) is 2.31. The second-order valence-electron chi connectivity index (χ2n) is 8.57. The number of fused-ring (bicyclic) bond motifs is 3. The van der Waals surface area contributed by atoms with E-state index in [4.69, 9.17) is 4.74 Å². The molecule has 0 aromatic heterocycles. The van der Waals surface area contributed by atoms with Gasteiger partial charge in [-0.2, -0.15) is 0 Å². The van der Waals surface area contributed by atoms with Crippen LogP contribution >= 0.6 is 0 Å². The zero-order chi connectivity index (χ0) is 14.9. The van der Waals surface area contributed by atoms with Crippen molar-refractivity contribution in [3.63, 3.8) is 0 Å². The highest BCUT2D eigenvalue weighted by atomic mass is 16.6. The zero-order valence-corrected chi connectivity index (χ0v) is 13.8. The van der Waals surface area contributed by atoms with Gasteiger partial charge in [-0.25, -0.2) is 0 Å². The lowest BCUT2D eigenvalue weighted by molar-refractivity contribution is -0.119. The molecule has 5 aliphatic rings. The summed E-state index contributed by atoms with van der Waals surface area (Å²) in [4.78, 5) is 11.8. The van der Waals surface area contributed by atoms with Crippen molar-refractivity contribution in [1.29, 1.82) is 0 Å². The standard InChI is InChI=1S/C20H28O2/c1-2-9-19-10-8-18-17-5-3-13-12-14(21)4-6-15(13)16(17)7-11-20(18,19)22-19/h16-18H,2-12H2,1H3/t16?,17?,18?,19-,20?/m0/s1. The molecule has 1 heterocycles. The maximum absolute atomic E-state index is 11.8. The Balaban J connectivity index is 1.44. The Morgan fingerprint density at radius 1 is 1.14 bits per heavy atom. The molecule has 5 rings (SSSR count). The molecule has 120 valence electrons. The average Bonchev–Trinajstić information content (AvgIpc) is 3.02. The van der Waals surface area contributed by atoms with Crippen LogP contribution in [-0.4, -0.2) is 17.0 Å². The lowest BCUT2D eigenvalue weighted by Crippen LogP contribution is -2.43. The summed E-state index contributed by atoms with van der Waals surface area (Å²) in [5.41, 5.74) is 3.84. The van der Waals surface area contributed by atoms with Gasteiger partial charge in [-0.05, 0) is 69.1 Å². The van der Waals surface area contributed by atoms with Crippen molar-refractivity contribution in [2.24, 2.45) is 17.8 Å². The summed E-state index contributed by atoms with van der Waals surface area (Å²) < 4.78 is 6.50. The molecule has 4 aliphatic carbocycles. The van der Waals surface area contributed by atoms with Crippen LogP contribution in [0.3, 0.4) is 0 Å². The molecule has 1 aliphatic heterocycles. The molecule has 2 nitrogen and oxygen atoms in total. The molecule has 4 unspecified atom stereocenters. The van der Waals surface area contributed by atoms with Crippen LogP contribution in [0.15, 0.2) is 11.1 Å². The largest absolute Gasteiger partial charge is 0.362 e. The van der Waals surface area contributed by atoms with Crippen molar-refractivity contribution in [3.05, 3.63) is 11.1 Å². The summed E-state index contributed by atoms with van der Waals surface area (Å²) in [6, 6.07) is 0.